The van der Waals surface area contributed by atoms with Gasteiger partial charge in [0.1, 0.15) is 17.4 Å². The monoisotopic (exact) mass is 481 g/mol. The van der Waals surface area contributed by atoms with Gasteiger partial charge in [-0.15, -0.1) is 11.8 Å². The predicted octanol–water partition coefficient (Wildman–Crippen LogP) is 4.95. The molecule has 3 aromatic rings. The second-order valence-corrected chi connectivity index (χ2v) is 9.27. The molecule has 5 rings (SSSR count). The van der Waals surface area contributed by atoms with Gasteiger partial charge in [-0.1, -0.05) is 12.1 Å². The van der Waals surface area contributed by atoms with Gasteiger partial charge in [-0.25, -0.2) is 13.6 Å². The van der Waals surface area contributed by atoms with Crippen LogP contribution in [0.25, 0.3) is 0 Å². The summed E-state index contributed by atoms with van der Waals surface area (Å²) in [6, 6.07) is 16.4. The fourth-order valence-corrected chi connectivity index (χ4v) is 5.83. The summed E-state index contributed by atoms with van der Waals surface area (Å²) in [5.41, 5.74) is 2.24. The fourth-order valence-electron chi connectivity index (χ4n) is 4.38. The van der Waals surface area contributed by atoms with Crippen molar-refractivity contribution in [2.24, 2.45) is 0 Å². The van der Waals surface area contributed by atoms with Crippen molar-refractivity contribution in [2.75, 3.05) is 29.6 Å². The summed E-state index contributed by atoms with van der Waals surface area (Å²) in [4.78, 5) is 28.8. The van der Waals surface area contributed by atoms with Gasteiger partial charge in [-0.2, -0.15) is 0 Å². The van der Waals surface area contributed by atoms with Gasteiger partial charge < -0.3 is 15.0 Å². The van der Waals surface area contributed by atoms with Crippen molar-refractivity contribution in [2.45, 2.75) is 11.4 Å². The minimum absolute atomic E-state index is 0.175. The van der Waals surface area contributed by atoms with Gasteiger partial charge in [0, 0.05) is 23.5 Å². The standard InChI is InChI=1S/C25H21F2N3O3S/c1-33-20-9-7-19(8-10-20)28-24(32)30-12-13-34-25(30)21-14-18(27)6-11-22(21)29(23(25)31)15-16-2-4-17(26)5-3-16/h2-11,14H,12-13,15H2,1H3,(H,28,32)/t25-/m0/s1. The third-order valence-corrected chi connectivity index (χ3v) is 7.42. The third-order valence-electron chi connectivity index (χ3n) is 6.00. The number of thioether (sulfide) groups is 1. The molecule has 0 radical (unpaired) electrons. The maximum Gasteiger partial charge on any atom is 0.323 e. The quantitative estimate of drug-likeness (QED) is 0.573. The molecule has 2 aliphatic rings. The van der Waals surface area contributed by atoms with Crippen LogP contribution in [0.15, 0.2) is 66.7 Å². The van der Waals surface area contributed by atoms with Gasteiger partial charge >= 0.3 is 6.03 Å². The third kappa shape index (κ3) is 3.66. The Bertz CT molecular complexity index is 1250. The Hall–Kier alpha value is -3.59. The minimum atomic E-state index is -1.38. The summed E-state index contributed by atoms with van der Waals surface area (Å²) in [5.74, 6) is -0.0224. The van der Waals surface area contributed by atoms with Crippen molar-refractivity contribution in [3.05, 3.63) is 89.5 Å². The van der Waals surface area contributed by atoms with Gasteiger partial charge in [0.2, 0.25) is 0 Å². The van der Waals surface area contributed by atoms with Gasteiger partial charge in [-0.05, 0) is 60.2 Å². The molecular weight excluding hydrogens is 460 g/mol. The fraction of sp³-hybridized carbons (Fsp3) is 0.200. The highest BCUT2D eigenvalue weighted by atomic mass is 32.2. The average molecular weight is 482 g/mol. The second-order valence-electron chi connectivity index (χ2n) is 7.98. The number of rotatable bonds is 4. The summed E-state index contributed by atoms with van der Waals surface area (Å²) < 4.78 is 32.9. The molecule has 0 aromatic heterocycles. The molecule has 2 aliphatic heterocycles. The van der Waals surface area contributed by atoms with Crippen molar-refractivity contribution in [1.82, 2.24) is 4.90 Å². The summed E-state index contributed by atoms with van der Waals surface area (Å²) in [6.45, 7) is 0.493. The normalized spacial score (nSPS) is 19.0. The van der Waals surface area contributed by atoms with Gasteiger partial charge in [0.25, 0.3) is 5.91 Å². The number of urea groups is 1. The highest BCUT2D eigenvalue weighted by Crippen LogP contribution is 2.54. The molecule has 1 saturated heterocycles. The summed E-state index contributed by atoms with van der Waals surface area (Å²) >= 11 is 1.31. The molecule has 2 heterocycles. The lowest BCUT2D eigenvalue weighted by Crippen LogP contribution is -2.51. The van der Waals surface area contributed by atoms with Gasteiger partial charge in [0.15, 0.2) is 4.87 Å². The first-order chi connectivity index (χ1) is 16.4. The number of benzene rings is 3. The molecule has 3 amide bonds. The summed E-state index contributed by atoms with van der Waals surface area (Å²) in [5, 5.41) is 2.84. The van der Waals surface area contributed by atoms with Crippen LogP contribution in [0.3, 0.4) is 0 Å². The van der Waals surface area contributed by atoms with Crippen LogP contribution >= 0.6 is 11.8 Å². The molecule has 0 saturated carbocycles. The van der Waals surface area contributed by atoms with E-state index in [1.54, 1.807) is 49.6 Å². The molecule has 1 fully saturated rings. The van der Waals surface area contributed by atoms with Crippen LogP contribution in [0.5, 0.6) is 5.75 Å². The van der Waals surface area contributed by atoms with Crippen molar-refractivity contribution < 1.29 is 23.1 Å². The summed E-state index contributed by atoms with van der Waals surface area (Å²) in [7, 11) is 1.55. The zero-order valence-corrected chi connectivity index (χ0v) is 19.1. The van der Waals surface area contributed by atoms with E-state index in [9.17, 15) is 18.4 Å². The molecule has 3 aromatic carbocycles. The van der Waals surface area contributed by atoms with Crippen LogP contribution in [0.4, 0.5) is 25.0 Å². The summed E-state index contributed by atoms with van der Waals surface area (Å²) in [6.07, 6.45) is 0. The van der Waals surface area contributed by atoms with Gasteiger partial charge in [-0.3, -0.25) is 9.69 Å². The van der Waals surface area contributed by atoms with Gasteiger partial charge in [0.05, 0.1) is 19.3 Å². The van der Waals surface area contributed by atoms with Crippen molar-refractivity contribution in [3.8, 4) is 5.75 Å². The number of hydrogen-bond donors (Lipinski definition) is 1. The Balaban J connectivity index is 1.50. The number of ether oxygens (including phenoxy) is 1. The highest BCUT2D eigenvalue weighted by molar-refractivity contribution is 8.01. The molecular formula is C25H21F2N3O3S. The van der Waals surface area contributed by atoms with Crippen molar-refractivity contribution >= 4 is 35.1 Å². The van der Waals surface area contributed by atoms with Crippen LogP contribution in [-0.4, -0.2) is 36.2 Å². The highest BCUT2D eigenvalue weighted by Gasteiger charge is 2.59. The maximum absolute atomic E-state index is 14.4. The Kier molecular flexibility index (Phi) is 5.65. The number of amides is 3. The lowest BCUT2D eigenvalue weighted by Gasteiger charge is -2.33. The zero-order chi connectivity index (χ0) is 23.9. The van der Waals surface area contributed by atoms with E-state index >= 15 is 0 Å². The van der Waals surface area contributed by atoms with E-state index < -0.39 is 16.7 Å². The number of fused-ring (bicyclic) bond motifs is 2. The molecule has 9 heteroatoms. The van der Waals surface area contributed by atoms with Crippen LogP contribution in [0, 0.1) is 11.6 Å². The number of carbonyl (C=O) groups excluding carboxylic acids is 2. The molecule has 0 aliphatic carbocycles. The maximum atomic E-state index is 14.4. The Morgan fingerprint density at radius 3 is 2.47 bits per heavy atom. The van der Waals surface area contributed by atoms with E-state index in [4.69, 9.17) is 4.74 Å². The lowest BCUT2D eigenvalue weighted by molar-refractivity contribution is -0.123. The Morgan fingerprint density at radius 1 is 1.06 bits per heavy atom. The molecule has 34 heavy (non-hydrogen) atoms. The lowest BCUT2D eigenvalue weighted by atomic mass is 10.1. The average Bonchev–Trinajstić information content (AvgIpc) is 3.38. The SMILES string of the molecule is COc1ccc(NC(=O)N2CCS[C@@]23C(=O)N(Cc2ccc(F)cc2)c2ccc(F)cc23)cc1. The predicted molar refractivity (Wildman–Crippen MR) is 127 cm³/mol. The van der Waals surface area contributed by atoms with E-state index in [2.05, 4.69) is 5.32 Å². The molecule has 1 N–H and O–H groups in total. The number of nitrogens with one attached hydrogen (secondary N) is 1. The van der Waals surface area contributed by atoms with Crippen molar-refractivity contribution in [1.29, 1.82) is 0 Å². The van der Waals surface area contributed by atoms with E-state index in [1.807, 2.05) is 0 Å². The Labute approximate surface area is 199 Å². The van der Waals surface area contributed by atoms with E-state index in [0.717, 1.165) is 5.56 Å². The van der Waals surface area contributed by atoms with E-state index in [1.165, 1.54) is 45.8 Å². The number of halogens is 2. The van der Waals surface area contributed by atoms with Crippen LogP contribution in [0.2, 0.25) is 0 Å². The number of hydrogen-bond acceptors (Lipinski definition) is 4. The molecule has 6 nitrogen and oxygen atoms in total. The molecule has 174 valence electrons. The molecule has 1 spiro atoms. The largest absolute Gasteiger partial charge is 0.497 e. The van der Waals surface area contributed by atoms with Crippen LogP contribution < -0.4 is 15.0 Å². The van der Waals surface area contributed by atoms with Crippen LogP contribution in [0.1, 0.15) is 11.1 Å². The molecule has 0 bridgehead atoms. The minimum Gasteiger partial charge on any atom is -0.497 e. The number of nitrogens with zero attached hydrogens (tertiary/aromatic N) is 2. The number of carbonyl (C=O) groups is 2. The van der Waals surface area contributed by atoms with Crippen LogP contribution in [-0.2, 0) is 16.2 Å². The first kappa shape index (κ1) is 22.2. The van der Waals surface area contributed by atoms with Crippen molar-refractivity contribution in [3.63, 3.8) is 0 Å². The van der Waals surface area contributed by atoms with E-state index in [-0.39, 0.29) is 18.3 Å². The first-order valence-corrected chi connectivity index (χ1v) is 11.6. The number of methoxy groups -OCH3 is 1. The smallest absolute Gasteiger partial charge is 0.323 e. The topological polar surface area (TPSA) is 61.9 Å². The molecule has 1 atom stereocenters. The van der Waals surface area contributed by atoms with E-state index in [0.29, 0.717) is 35.0 Å². The molecule has 0 unspecified atom stereocenters. The number of anilines is 2. The second kappa shape index (κ2) is 8.64. The Morgan fingerprint density at radius 2 is 1.76 bits per heavy atom. The first-order valence-electron chi connectivity index (χ1n) is 10.7. The zero-order valence-electron chi connectivity index (χ0n) is 18.3.